The molecule has 0 aromatic heterocycles. The van der Waals surface area contributed by atoms with Gasteiger partial charge in [-0.3, -0.25) is 4.79 Å². The van der Waals surface area contributed by atoms with Crippen LogP contribution in [0.1, 0.15) is 104 Å². The molecule has 0 saturated carbocycles. The Morgan fingerprint density at radius 3 is 1.50 bits per heavy atom. The molecule has 0 saturated heterocycles. The largest absolute Gasteiger partial charge is 0.300 e. The van der Waals surface area contributed by atoms with Gasteiger partial charge in [0, 0.05) is 19.3 Å². The van der Waals surface area contributed by atoms with Crippen LogP contribution in [0.5, 0.6) is 0 Å². The second kappa shape index (κ2) is 14.7. The highest BCUT2D eigenvalue weighted by molar-refractivity contribution is 5.84. The van der Waals surface area contributed by atoms with Crippen LogP contribution >= 0.6 is 0 Å². The van der Waals surface area contributed by atoms with Gasteiger partial charge in [-0.2, -0.15) is 0 Å². The Morgan fingerprint density at radius 1 is 0.600 bits per heavy atom. The summed E-state index contributed by atoms with van der Waals surface area (Å²) in [7, 11) is 0. The lowest BCUT2D eigenvalue weighted by molar-refractivity contribution is -0.123. The second-order valence-electron chi connectivity index (χ2n) is 6.03. The molecule has 2 nitrogen and oxygen atoms in total. The van der Waals surface area contributed by atoms with Crippen LogP contribution in [0.25, 0.3) is 0 Å². The summed E-state index contributed by atoms with van der Waals surface area (Å²) >= 11 is 0. The maximum atomic E-state index is 11.5. The van der Waals surface area contributed by atoms with Crippen molar-refractivity contribution in [2.24, 2.45) is 0 Å². The van der Waals surface area contributed by atoms with Gasteiger partial charge in [0.1, 0.15) is 11.6 Å². The molecule has 0 unspecified atom stereocenters. The zero-order valence-corrected chi connectivity index (χ0v) is 13.7. The topological polar surface area (TPSA) is 34.1 Å². The van der Waals surface area contributed by atoms with Gasteiger partial charge in [-0.1, -0.05) is 71.1 Å². The van der Waals surface area contributed by atoms with Crippen LogP contribution in [-0.2, 0) is 9.59 Å². The molecule has 0 aromatic rings. The van der Waals surface area contributed by atoms with Gasteiger partial charge >= 0.3 is 0 Å². The van der Waals surface area contributed by atoms with Gasteiger partial charge in [0.25, 0.3) is 0 Å². The average molecular weight is 282 g/mol. The van der Waals surface area contributed by atoms with Crippen molar-refractivity contribution in [1.29, 1.82) is 0 Å². The lowest BCUT2D eigenvalue weighted by Gasteiger charge is -2.02. The summed E-state index contributed by atoms with van der Waals surface area (Å²) < 4.78 is 0. The predicted molar refractivity (Wildman–Crippen MR) is 86.0 cm³/mol. The molecule has 0 radical (unpaired) electrons. The minimum absolute atomic E-state index is 0.122. The van der Waals surface area contributed by atoms with Crippen molar-refractivity contribution < 1.29 is 9.59 Å². The Bertz CT molecular complexity index is 246. The third-order valence-corrected chi connectivity index (χ3v) is 3.82. The number of unbranched alkanes of at least 4 members (excludes halogenated alkanes) is 10. The molecule has 118 valence electrons. The highest BCUT2D eigenvalue weighted by atomic mass is 16.1. The maximum absolute atomic E-state index is 11.5. The van der Waals surface area contributed by atoms with E-state index in [2.05, 4.69) is 6.92 Å². The fraction of sp³-hybridized carbons (Fsp3) is 0.889. The fourth-order valence-corrected chi connectivity index (χ4v) is 2.43. The van der Waals surface area contributed by atoms with Crippen LogP contribution in [0.4, 0.5) is 0 Å². The first-order valence-electron chi connectivity index (χ1n) is 8.68. The number of carbonyl (C=O) groups is 2. The van der Waals surface area contributed by atoms with E-state index < -0.39 is 0 Å². The molecule has 0 aromatic carbocycles. The summed E-state index contributed by atoms with van der Waals surface area (Å²) in [5.74, 6) is 0.383. The molecule has 2 heteroatoms. The molecule has 0 aliphatic carbocycles. The molecule has 0 rings (SSSR count). The fourth-order valence-electron chi connectivity index (χ4n) is 2.43. The Hall–Kier alpha value is -0.660. The van der Waals surface area contributed by atoms with Crippen molar-refractivity contribution in [3.05, 3.63) is 0 Å². The van der Waals surface area contributed by atoms with Crippen LogP contribution in [0.2, 0.25) is 0 Å². The summed E-state index contributed by atoms with van der Waals surface area (Å²) in [5, 5.41) is 0. The molecule has 0 atom stereocenters. The first kappa shape index (κ1) is 19.3. The highest BCUT2D eigenvalue weighted by Crippen LogP contribution is 2.12. The van der Waals surface area contributed by atoms with Gasteiger partial charge in [0.15, 0.2) is 0 Å². The van der Waals surface area contributed by atoms with Crippen molar-refractivity contribution in [3.63, 3.8) is 0 Å². The smallest absolute Gasteiger partial charge is 0.133 e. The van der Waals surface area contributed by atoms with Crippen molar-refractivity contribution in [3.8, 4) is 0 Å². The Kier molecular flexibility index (Phi) is 14.3. The Balaban J connectivity index is 3.12. The van der Waals surface area contributed by atoms with Gasteiger partial charge in [0.2, 0.25) is 0 Å². The zero-order chi connectivity index (χ0) is 15.1. The molecule has 0 bridgehead atoms. The molecule has 0 amide bonds. The third-order valence-electron chi connectivity index (χ3n) is 3.82. The maximum Gasteiger partial charge on any atom is 0.133 e. The quantitative estimate of drug-likeness (QED) is 0.365. The summed E-state index contributed by atoms with van der Waals surface area (Å²) in [6.07, 6.45) is 15.9. The average Bonchev–Trinajstić information content (AvgIpc) is 2.42. The van der Waals surface area contributed by atoms with Crippen molar-refractivity contribution in [2.75, 3.05) is 0 Å². The Morgan fingerprint density at radius 2 is 1.05 bits per heavy atom. The van der Waals surface area contributed by atoms with E-state index in [1.807, 2.05) is 0 Å². The number of Topliss-reactive ketones (excluding diaryl/α,β-unsaturated/α-hetero) is 2. The molecular weight excluding hydrogens is 248 g/mol. The number of hydrogen-bond donors (Lipinski definition) is 0. The molecule has 0 fully saturated rings. The molecule has 0 aliphatic heterocycles. The number of rotatable bonds is 15. The van der Waals surface area contributed by atoms with Crippen LogP contribution in [0, 0.1) is 0 Å². The summed E-state index contributed by atoms with van der Waals surface area (Å²) in [6, 6.07) is 0. The van der Waals surface area contributed by atoms with E-state index in [9.17, 15) is 9.59 Å². The van der Waals surface area contributed by atoms with Crippen molar-refractivity contribution in [1.82, 2.24) is 0 Å². The molecule has 0 spiro atoms. The van der Waals surface area contributed by atoms with Gasteiger partial charge in [-0.25, -0.2) is 0 Å². The van der Waals surface area contributed by atoms with Gasteiger partial charge in [-0.05, 0) is 13.3 Å². The SMILES string of the molecule is CCCCCCCCCCCCCC(=O)CCC(C)=O. The summed E-state index contributed by atoms with van der Waals surface area (Å²) in [6.45, 7) is 3.81. The van der Waals surface area contributed by atoms with Gasteiger partial charge in [0.05, 0.1) is 0 Å². The van der Waals surface area contributed by atoms with Crippen LogP contribution < -0.4 is 0 Å². The third kappa shape index (κ3) is 15.4. The highest BCUT2D eigenvalue weighted by Gasteiger charge is 2.03. The monoisotopic (exact) mass is 282 g/mol. The van der Waals surface area contributed by atoms with Crippen LogP contribution in [0.15, 0.2) is 0 Å². The number of carbonyl (C=O) groups excluding carboxylic acids is 2. The number of ketones is 2. The molecule has 0 N–H and O–H groups in total. The lowest BCUT2D eigenvalue weighted by atomic mass is 10.0. The molecule has 0 aliphatic rings. The predicted octanol–water partition coefficient (Wildman–Crippen LogP) is 5.63. The lowest BCUT2D eigenvalue weighted by Crippen LogP contribution is -2.01. The van der Waals surface area contributed by atoms with E-state index in [4.69, 9.17) is 0 Å². The minimum atomic E-state index is 0.122. The van der Waals surface area contributed by atoms with Crippen LogP contribution in [0.3, 0.4) is 0 Å². The second-order valence-corrected chi connectivity index (χ2v) is 6.03. The van der Waals surface area contributed by atoms with E-state index >= 15 is 0 Å². The van der Waals surface area contributed by atoms with E-state index in [-0.39, 0.29) is 11.6 Å². The minimum Gasteiger partial charge on any atom is -0.300 e. The molecule has 20 heavy (non-hydrogen) atoms. The van der Waals surface area contributed by atoms with Gasteiger partial charge in [-0.15, -0.1) is 0 Å². The van der Waals surface area contributed by atoms with E-state index in [0.717, 1.165) is 6.42 Å². The summed E-state index contributed by atoms with van der Waals surface area (Å²) in [5.41, 5.74) is 0. The summed E-state index contributed by atoms with van der Waals surface area (Å²) in [4.78, 5) is 22.2. The molecule has 0 heterocycles. The first-order chi connectivity index (χ1) is 9.66. The normalized spacial score (nSPS) is 10.7. The first-order valence-corrected chi connectivity index (χ1v) is 8.68. The van der Waals surface area contributed by atoms with E-state index in [1.165, 1.54) is 64.2 Å². The van der Waals surface area contributed by atoms with Gasteiger partial charge < -0.3 is 4.79 Å². The number of hydrogen-bond acceptors (Lipinski definition) is 2. The van der Waals surface area contributed by atoms with E-state index in [0.29, 0.717) is 19.3 Å². The molecular formula is C18H34O2. The Labute approximate surface area is 125 Å². The van der Waals surface area contributed by atoms with E-state index in [1.54, 1.807) is 6.92 Å². The van der Waals surface area contributed by atoms with Crippen molar-refractivity contribution >= 4 is 11.6 Å². The van der Waals surface area contributed by atoms with Crippen molar-refractivity contribution in [2.45, 2.75) is 104 Å². The zero-order valence-electron chi connectivity index (χ0n) is 13.7. The van der Waals surface area contributed by atoms with Crippen LogP contribution in [-0.4, -0.2) is 11.6 Å². The standard InChI is InChI=1S/C18H34O2/c1-3-4-5-6-7-8-9-10-11-12-13-14-18(20)16-15-17(2)19/h3-16H2,1-2H3.